The van der Waals surface area contributed by atoms with Crippen LogP contribution >= 0.6 is 11.8 Å². The summed E-state index contributed by atoms with van der Waals surface area (Å²) >= 11 is 1.87. The first-order valence-electron chi connectivity index (χ1n) is 9.46. The van der Waals surface area contributed by atoms with E-state index >= 15 is 0 Å². The number of thioether (sulfide) groups is 1. The Hall–Kier alpha value is -2.32. The standard InChI is InChI=1S/C20H27N5O2S/c1-14(2)28-13-17-12-18(25-8-10-27-11-9-25)24-19(22-17)15-4-6-16(7-5-15)23-20(26)21-3/h4-7,12,14H,8-11,13H2,1-3H3,(H2,21,23,26). The van der Waals surface area contributed by atoms with Crippen LogP contribution in [-0.2, 0) is 10.5 Å². The van der Waals surface area contributed by atoms with Crippen LogP contribution in [0.5, 0.6) is 0 Å². The molecule has 28 heavy (non-hydrogen) atoms. The van der Waals surface area contributed by atoms with Gasteiger partial charge in [-0.05, 0) is 29.5 Å². The summed E-state index contributed by atoms with van der Waals surface area (Å²) < 4.78 is 5.47. The van der Waals surface area contributed by atoms with Crippen LogP contribution in [0.4, 0.5) is 16.3 Å². The molecule has 0 unspecified atom stereocenters. The Morgan fingerprint density at radius 3 is 2.57 bits per heavy atom. The number of nitrogens with zero attached hydrogens (tertiary/aromatic N) is 3. The Bertz CT molecular complexity index is 792. The first-order valence-corrected chi connectivity index (χ1v) is 10.5. The van der Waals surface area contributed by atoms with Crippen molar-refractivity contribution in [2.75, 3.05) is 43.6 Å². The molecule has 2 heterocycles. The van der Waals surface area contributed by atoms with Crippen molar-refractivity contribution in [2.24, 2.45) is 0 Å². The maximum atomic E-state index is 11.5. The first-order chi connectivity index (χ1) is 13.5. The number of urea groups is 1. The van der Waals surface area contributed by atoms with Crippen LogP contribution in [-0.4, -0.2) is 54.6 Å². The minimum absolute atomic E-state index is 0.244. The number of carbonyl (C=O) groups excluding carboxylic acids is 1. The Morgan fingerprint density at radius 1 is 1.21 bits per heavy atom. The summed E-state index contributed by atoms with van der Waals surface area (Å²) in [5.74, 6) is 2.50. The van der Waals surface area contributed by atoms with Crippen molar-refractivity contribution in [3.63, 3.8) is 0 Å². The summed E-state index contributed by atoms with van der Waals surface area (Å²) in [4.78, 5) is 23.3. The molecular weight excluding hydrogens is 374 g/mol. The molecule has 1 aliphatic rings. The highest BCUT2D eigenvalue weighted by molar-refractivity contribution is 7.99. The molecule has 2 N–H and O–H groups in total. The van der Waals surface area contributed by atoms with E-state index in [9.17, 15) is 4.79 Å². The predicted molar refractivity (Wildman–Crippen MR) is 115 cm³/mol. The van der Waals surface area contributed by atoms with E-state index < -0.39 is 0 Å². The number of amides is 2. The van der Waals surface area contributed by atoms with Crippen molar-refractivity contribution in [1.29, 1.82) is 0 Å². The zero-order chi connectivity index (χ0) is 19.9. The third-order valence-corrected chi connectivity index (χ3v) is 5.42. The fourth-order valence-corrected chi connectivity index (χ4v) is 3.44. The second-order valence-corrected chi connectivity index (χ2v) is 8.35. The van der Waals surface area contributed by atoms with Gasteiger partial charge in [0.05, 0.1) is 18.9 Å². The van der Waals surface area contributed by atoms with Crippen LogP contribution in [0, 0.1) is 0 Å². The summed E-state index contributed by atoms with van der Waals surface area (Å²) in [6.45, 7) is 7.48. The van der Waals surface area contributed by atoms with Gasteiger partial charge in [-0.2, -0.15) is 11.8 Å². The molecule has 2 aromatic rings. The highest BCUT2D eigenvalue weighted by Gasteiger charge is 2.16. The second kappa shape index (κ2) is 9.75. The van der Waals surface area contributed by atoms with Gasteiger partial charge in [0, 0.05) is 43.2 Å². The highest BCUT2D eigenvalue weighted by Crippen LogP contribution is 2.25. The number of benzene rings is 1. The molecular formula is C20H27N5O2S. The lowest BCUT2D eigenvalue weighted by molar-refractivity contribution is 0.122. The first kappa shape index (κ1) is 20.4. The van der Waals surface area contributed by atoms with Crippen molar-refractivity contribution >= 4 is 29.3 Å². The lowest BCUT2D eigenvalue weighted by Crippen LogP contribution is -2.37. The molecule has 0 aliphatic carbocycles. The van der Waals surface area contributed by atoms with E-state index in [4.69, 9.17) is 14.7 Å². The van der Waals surface area contributed by atoms with E-state index in [-0.39, 0.29) is 6.03 Å². The largest absolute Gasteiger partial charge is 0.378 e. The number of morpholine rings is 1. The van der Waals surface area contributed by atoms with Crippen LogP contribution in [0.1, 0.15) is 19.5 Å². The van der Waals surface area contributed by atoms with Crippen molar-refractivity contribution in [1.82, 2.24) is 15.3 Å². The Kier molecular flexibility index (Phi) is 7.11. The van der Waals surface area contributed by atoms with Gasteiger partial charge < -0.3 is 20.3 Å². The molecule has 3 rings (SSSR count). The van der Waals surface area contributed by atoms with Crippen LogP contribution in [0.15, 0.2) is 30.3 Å². The maximum Gasteiger partial charge on any atom is 0.318 e. The maximum absolute atomic E-state index is 11.5. The van der Waals surface area contributed by atoms with Gasteiger partial charge in [-0.15, -0.1) is 0 Å². The molecule has 0 spiro atoms. The SMILES string of the molecule is CNC(=O)Nc1ccc(-c2nc(CSC(C)C)cc(N3CCOCC3)n2)cc1. The number of anilines is 2. The zero-order valence-electron chi connectivity index (χ0n) is 16.6. The van der Waals surface area contributed by atoms with E-state index in [0.717, 1.165) is 54.8 Å². The highest BCUT2D eigenvalue weighted by atomic mass is 32.2. The van der Waals surface area contributed by atoms with Gasteiger partial charge in [-0.3, -0.25) is 0 Å². The second-order valence-electron chi connectivity index (χ2n) is 6.78. The van der Waals surface area contributed by atoms with Gasteiger partial charge in [0.2, 0.25) is 0 Å². The average Bonchev–Trinajstić information content (AvgIpc) is 2.73. The molecule has 0 bridgehead atoms. The molecule has 150 valence electrons. The van der Waals surface area contributed by atoms with Crippen molar-refractivity contribution in [3.05, 3.63) is 36.0 Å². The van der Waals surface area contributed by atoms with Crippen molar-refractivity contribution in [2.45, 2.75) is 24.9 Å². The number of rotatable bonds is 6. The van der Waals surface area contributed by atoms with E-state index in [2.05, 4.69) is 35.4 Å². The normalized spacial score (nSPS) is 14.2. The molecule has 1 aliphatic heterocycles. The van der Waals surface area contributed by atoms with Gasteiger partial charge in [0.1, 0.15) is 5.82 Å². The Morgan fingerprint density at radius 2 is 1.93 bits per heavy atom. The number of carbonyl (C=O) groups is 1. The monoisotopic (exact) mass is 401 g/mol. The lowest BCUT2D eigenvalue weighted by atomic mass is 10.2. The van der Waals surface area contributed by atoms with Crippen LogP contribution < -0.4 is 15.5 Å². The Balaban J connectivity index is 1.87. The molecule has 0 radical (unpaired) electrons. The number of ether oxygens (including phenoxy) is 1. The van der Waals surface area contributed by atoms with Crippen LogP contribution in [0.3, 0.4) is 0 Å². The minimum atomic E-state index is -0.244. The number of aromatic nitrogens is 2. The molecule has 0 atom stereocenters. The van der Waals surface area contributed by atoms with E-state index in [1.165, 1.54) is 0 Å². The number of hydrogen-bond acceptors (Lipinski definition) is 6. The smallest absolute Gasteiger partial charge is 0.318 e. The molecule has 1 aromatic heterocycles. The zero-order valence-corrected chi connectivity index (χ0v) is 17.4. The molecule has 1 saturated heterocycles. The minimum Gasteiger partial charge on any atom is -0.378 e. The molecule has 0 saturated carbocycles. The number of hydrogen-bond donors (Lipinski definition) is 2. The van der Waals surface area contributed by atoms with E-state index in [0.29, 0.717) is 11.1 Å². The van der Waals surface area contributed by atoms with Gasteiger partial charge >= 0.3 is 6.03 Å². The lowest BCUT2D eigenvalue weighted by Gasteiger charge is -2.28. The third-order valence-electron chi connectivity index (χ3n) is 4.29. The van der Waals surface area contributed by atoms with Gasteiger partial charge in [0.15, 0.2) is 5.82 Å². The van der Waals surface area contributed by atoms with E-state index in [1.54, 1.807) is 7.05 Å². The van der Waals surface area contributed by atoms with Crippen LogP contribution in [0.25, 0.3) is 11.4 Å². The third kappa shape index (κ3) is 5.59. The fourth-order valence-electron chi connectivity index (χ4n) is 2.79. The fraction of sp³-hybridized carbons (Fsp3) is 0.450. The summed E-state index contributed by atoms with van der Waals surface area (Å²) in [5, 5.41) is 5.84. The van der Waals surface area contributed by atoms with Crippen LogP contribution in [0.2, 0.25) is 0 Å². The van der Waals surface area contributed by atoms with E-state index in [1.807, 2.05) is 36.0 Å². The van der Waals surface area contributed by atoms with Gasteiger partial charge in [0.25, 0.3) is 0 Å². The van der Waals surface area contributed by atoms with Gasteiger partial charge in [-0.1, -0.05) is 13.8 Å². The number of nitrogens with one attached hydrogen (secondary N) is 2. The average molecular weight is 402 g/mol. The summed E-state index contributed by atoms with van der Waals surface area (Å²) in [5.41, 5.74) is 2.68. The van der Waals surface area contributed by atoms with Crippen molar-refractivity contribution < 1.29 is 9.53 Å². The molecule has 7 nitrogen and oxygen atoms in total. The summed E-state index contributed by atoms with van der Waals surface area (Å²) in [6.07, 6.45) is 0. The molecule has 2 amide bonds. The van der Waals surface area contributed by atoms with Gasteiger partial charge in [-0.25, -0.2) is 14.8 Å². The molecule has 1 aromatic carbocycles. The topological polar surface area (TPSA) is 79.4 Å². The quantitative estimate of drug-likeness (QED) is 0.773. The van der Waals surface area contributed by atoms with Crippen molar-refractivity contribution in [3.8, 4) is 11.4 Å². The Labute approximate surface area is 170 Å². The summed E-state index contributed by atoms with van der Waals surface area (Å²) in [6, 6.07) is 9.43. The summed E-state index contributed by atoms with van der Waals surface area (Å²) in [7, 11) is 1.59. The molecule has 1 fully saturated rings. The predicted octanol–water partition coefficient (Wildman–Crippen LogP) is 3.37. The molecule has 8 heteroatoms.